The quantitative estimate of drug-likeness (QED) is 0.0169. The number of unbranched alkanes of at least 4 members (excludes halogenated alkanes) is 38. The van der Waals surface area contributed by atoms with Gasteiger partial charge < -0.3 is 33.8 Å². The molecule has 17 nitrogen and oxygen atoms in total. The Balaban J connectivity index is 5.18. The number of ether oxygens (including phenoxy) is 4. The monoisotopic (exact) mass is 1360 g/mol. The SMILES string of the molecule is CCCCCC/C=C\C=C/CCCCCCCC(=O)O[C@H](COC(=O)CCCCCCC)COP(=O)(O)OC[C@H](O)COP(=O)(O)OC[C@@H](COC(=O)CCCCCCCCCCCCCCCC(C)C)OC(=O)CCCCCCCCCCCCCCCCC(C)C. The van der Waals surface area contributed by atoms with Crippen molar-refractivity contribution in [3.63, 3.8) is 0 Å². The molecule has 0 saturated heterocycles. The molecule has 0 aromatic heterocycles. The van der Waals surface area contributed by atoms with E-state index in [-0.39, 0.29) is 25.7 Å². The third kappa shape index (κ3) is 67.9. The van der Waals surface area contributed by atoms with Gasteiger partial charge >= 0.3 is 39.5 Å². The zero-order valence-corrected chi connectivity index (χ0v) is 61.8. The van der Waals surface area contributed by atoms with Crippen LogP contribution in [0, 0.1) is 11.8 Å². The van der Waals surface area contributed by atoms with Crippen molar-refractivity contribution in [1.29, 1.82) is 0 Å². The molecule has 2 unspecified atom stereocenters. The van der Waals surface area contributed by atoms with E-state index in [1.54, 1.807) is 0 Å². The average molecular weight is 1360 g/mol. The molecule has 0 saturated carbocycles. The van der Waals surface area contributed by atoms with Gasteiger partial charge in [0.15, 0.2) is 12.2 Å². The Kier molecular flexibility index (Phi) is 63.7. The molecule has 0 rings (SSSR count). The molecule has 0 amide bonds. The maximum Gasteiger partial charge on any atom is 0.472 e. The first-order valence-electron chi connectivity index (χ1n) is 37.8. The van der Waals surface area contributed by atoms with Crippen LogP contribution >= 0.6 is 15.6 Å². The molecule has 0 spiro atoms. The second-order valence-corrected chi connectivity index (χ2v) is 29.9. The van der Waals surface area contributed by atoms with Gasteiger partial charge in [0.05, 0.1) is 26.4 Å². The summed E-state index contributed by atoms with van der Waals surface area (Å²) in [4.78, 5) is 72.4. The highest BCUT2D eigenvalue weighted by Gasteiger charge is 2.30. The van der Waals surface area contributed by atoms with Gasteiger partial charge in [0.2, 0.25) is 0 Å². The van der Waals surface area contributed by atoms with E-state index in [9.17, 15) is 43.2 Å². The summed E-state index contributed by atoms with van der Waals surface area (Å²) in [5, 5.41) is 10.6. The Hall–Kier alpha value is -2.46. The summed E-state index contributed by atoms with van der Waals surface area (Å²) in [6, 6.07) is 0. The van der Waals surface area contributed by atoms with Gasteiger partial charge in [-0.05, 0) is 63.2 Å². The largest absolute Gasteiger partial charge is 0.472 e. The van der Waals surface area contributed by atoms with E-state index >= 15 is 0 Å². The first-order chi connectivity index (χ1) is 44.9. The molecule has 19 heteroatoms. The Morgan fingerprint density at radius 1 is 0.333 bits per heavy atom. The Labute approximate surface area is 567 Å². The first-order valence-corrected chi connectivity index (χ1v) is 40.8. The number of esters is 4. The number of hydrogen-bond donors (Lipinski definition) is 3. The molecule has 0 aliphatic heterocycles. The van der Waals surface area contributed by atoms with Gasteiger partial charge in [0.25, 0.3) is 0 Å². The van der Waals surface area contributed by atoms with Gasteiger partial charge in [-0.1, -0.05) is 303 Å². The van der Waals surface area contributed by atoms with Crippen molar-refractivity contribution in [2.75, 3.05) is 39.6 Å². The fraction of sp³-hybridized carbons (Fsp3) is 0.892. The third-order valence-corrected chi connectivity index (χ3v) is 18.5. The normalized spacial score (nSPS) is 14.2. The van der Waals surface area contributed by atoms with Crippen molar-refractivity contribution in [3.8, 4) is 0 Å². The number of aliphatic hydroxyl groups is 1. The number of carbonyl (C=O) groups is 4. The first kappa shape index (κ1) is 90.5. The predicted molar refractivity (Wildman–Crippen MR) is 377 cm³/mol. The van der Waals surface area contributed by atoms with Crippen LogP contribution in [-0.4, -0.2) is 96.7 Å². The molecule has 3 N–H and O–H groups in total. The van der Waals surface area contributed by atoms with E-state index < -0.39 is 97.5 Å². The number of hydrogen-bond acceptors (Lipinski definition) is 15. The molecule has 0 aromatic carbocycles. The zero-order chi connectivity index (χ0) is 68.6. The molecule has 93 heavy (non-hydrogen) atoms. The van der Waals surface area contributed by atoms with Crippen LogP contribution in [0.3, 0.4) is 0 Å². The molecule has 0 aliphatic rings. The topological polar surface area (TPSA) is 237 Å². The minimum atomic E-state index is -4.96. The fourth-order valence-corrected chi connectivity index (χ4v) is 12.3. The van der Waals surface area contributed by atoms with E-state index in [2.05, 4.69) is 65.8 Å². The van der Waals surface area contributed by atoms with Crippen LogP contribution < -0.4 is 0 Å². The van der Waals surface area contributed by atoms with Crippen molar-refractivity contribution in [3.05, 3.63) is 24.3 Å². The van der Waals surface area contributed by atoms with Crippen molar-refractivity contribution < 1.29 is 80.2 Å². The second-order valence-electron chi connectivity index (χ2n) is 27.0. The number of aliphatic hydroxyl groups excluding tert-OH is 1. The Morgan fingerprint density at radius 3 is 0.882 bits per heavy atom. The lowest BCUT2D eigenvalue weighted by Crippen LogP contribution is -2.30. The summed E-state index contributed by atoms with van der Waals surface area (Å²) in [6.45, 7) is 9.46. The zero-order valence-electron chi connectivity index (χ0n) is 60.0. The third-order valence-electron chi connectivity index (χ3n) is 16.6. The highest BCUT2D eigenvalue weighted by Crippen LogP contribution is 2.45. The van der Waals surface area contributed by atoms with Gasteiger partial charge in [-0.25, -0.2) is 9.13 Å². The van der Waals surface area contributed by atoms with Gasteiger partial charge in [-0.15, -0.1) is 0 Å². The smallest absolute Gasteiger partial charge is 0.462 e. The number of rotatable bonds is 71. The lowest BCUT2D eigenvalue weighted by Gasteiger charge is -2.21. The van der Waals surface area contributed by atoms with E-state index in [4.69, 9.17) is 37.0 Å². The van der Waals surface area contributed by atoms with Crippen LogP contribution in [0.5, 0.6) is 0 Å². The standard InChI is InChI=1S/C74H140O17P2/c1-7-9-11-13-14-15-16-17-18-24-30-35-40-46-52-58-73(78)90-69(62-84-71(76)56-50-42-12-10-8-2)64-88-92(80,81)86-60-68(75)61-87-93(82,83)89-65-70(63-85-72(77)57-51-45-39-34-29-26-21-23-28-33-38-44-49-55-67(5)6)91-74(79)59-53-47-41-36-31-25-20-19-22-27-32-37-43-48-54-66(3)4/h15-18,66-70,75H,7-14,19-65H2,1-6H3,(H,80,81)(H,82,83)/b16-15-,18-17-/t68-,69+,70+/m0/s1. The van der Waals surface area contributed by atoms with Crippen LogP contribution in [0.1, 0.15) is 356 Å². The summed E-state index contributed by atoms with van der Waals surface area (Å²) in [5.74, 6) is -0.577. The number of phosphoric acid groups is 2. The maximum atomic E-state index is 13.0. The van der Waals surface area contributed by atoms with E-state index in [0.29, 0.717) is 25.7 Å². The molecule has 5 atom stereocenters. The Bertz CT molecular complexity index is 1900. The second kappa shape index (κ2) is 65.5. The summed E-state index contributed by atoms with van der Waals surface area (Å²) in [7, 11) is -9.91. The van der Waals surface area contributed by atoms with E-state index in [0.717, 1.165) is 121 Å². The highest BCUT2D eigenvalue weighted by molar-refractivity contribution is 7.47. The number of phosphoric ester groups is 2. The molecule has 0 bridgehead atoms. The highest BCUT2D eigenvalue weighted by atomic mass is 31.2. The minimum Gasteiger partial charge on any atom is -0.462 e. The van der Waals surface area contributed by atoms with Crippen LogP contribution in [0.25, 0.3) is 0 Å². The van der Waals surface area contributed by atoms with Crippen molar-refractivity contribution >= 4 is 39.5 Å². The molecule has 0 aliphatic carbocycles. The van der Waals surface area contributed by atoms with Gasteiger partial charge in [0.1, 0.15) is 19.3 Å². The van der Waals surface area contributed by atoms with Gasteiger partial charge in [0, 0.05) is 25.7 Å². The average Bonchev–Trinajstić information content (AvgIpc) is 2.54. The molecule has 0 aromatic rings. The van der Waals surface area contributed by atoms with Crippen LogP contribution in [-0.2, 0) is 65.4 Å². The fourth-order valence-electron chi connectivity index (χ4n) is 10.8. The Morgan fingerprint density at radius 2 is 0.581 bits per heavy atom. The lowest BCUT2D eigenvalue weighted by atomic mass is 10.0. The van der Waals surface area contributed by atoms with Crippen LogP contribution in [0.15, 0.2) is 24.3 Å². The number of allylic oxidation sites excluding steroid dienone is 4. The van der Waals surface area contributed by atoms with Crippen LogP contribution in [0.2, 0.25) is 0 Å². The summed E-state index contributed by atoms with van der Waals surface area (Å²) < 4.78 is 68.2. The van der Waals surface area contributed by atoms with Crippen molar-refractivity contribution in [2.24, 2.45) is 11.8 Å². The molecular formula is C74H140O17P2. The van der Waals surface area contributed by atoms with Gasteiger partial charge in [-0.2, -0.15) is 0 Å². The molecule has 0 heterocycles. The molecular weight excluding hydrogens is 1220 g/mol. The summed E-state index contributed by atoms with van der Waals surface area (Å²) in [5.41, 5.74) is 0. The predicted octanol–water partition coefficient (Wildman–Crippen LogP) is 21.1. The molecule has 548 valence electrons. The van der Waals surface area contributed by atoms with Crippen molar-refractivity contribution in [1.82, 2.24) is 0 Å². The minimum absolute atomic E-state index is 0.0840. The van der Waals surface area contributed by atoms with Crippen molar-refractivity contribution in [2.45, 2.75) is 374 Å². The van der Waals surface area contributed by atoms with E-state index in [1.165, 1.54) is 154 Å². The maximum absolute atomic E-state index is 13.0. The molecule has 0 radical (unpaired) electrons. The summed E-state index contributed by atoms with van der Waals surface area (Å²) in [6.07, 6.45) is 55.3. The lowest BCUT2D eigenvalue weighted by molar-refractivity contribution is -0.161. The van der Waals surface area contributed by atoms with E-state index in [1.807, 2.05) is 0 Å². The summed E-state index contributed by atoms with van der Waals surface area (Å²) >= 11 is 0. The molecule has 0 fully saturated rings. The number of carbonyl (C=O) groups excluding carboxylic acids is 4. The van der Waals surface area contributed by atoms with Crippen LogP contribution in [0.4, 0.5) is 0 Å². The van der Waals surface area contributed by atoms with Gasteiger partial charge in [-0.3, -0.25) is 37.3 Å².